The number of halogens is 2. The Morgan fingerprint density at radius 2 is 1.89 bits per heavy atom. The molecule has 1 N–H and O–H groups in total. The number of amides is 1. The van der Waals surface area contributed by atoms with Gasteiger partial charge in [0.1, 0.15) is 11.4 Å². The van der Waals surface area contributed by atoms with Gasteiger partial charge in [0.05, 0.1) is 11.6 Å². The van der Waals surface area contributed by atoms with Crippen LogP contribution in [0.3, 0.4) is 0 Å². The van der Waals surface area contributed by atoms with E-state index in [-0.39, 0.29) is 17.8 Å². The molecule has 6 heteroatoms. The number of hydrogen-bond donors (Lipinski definition) is 1. The van der Waals surface area contributed by atoms with Crippen molar-refractivity contribution in [3.63, 3.8) is 0 Å². The largest absolute Gasteiger partial charge is 0.390 e. The zero-order valence-electron chi connectivity index (χ0n) is 15.8. The second kappa shape index (κ2) is 5.68. The van der Waals surface area contributed by atoms with Crippen LogP contribution >= 0.6 is 11.6 Å². The number of hydrogen-bond acceptors (Lipinski definition) is 3. The normalized spacial score (nSPS) is 39.7. The van der Waals surface area contributed by atoms with Crippen LogP contribution in [0.2, 0.25) is 5.02 Å². The van der Waals surface area contributed by atoms with Gasteiger partial charge in [-0.15, -0.1) is 0 Å². The van der Waals surface area contributed by atoms with E-state index in [1.54, 1.807) is 6.07 Å². The minimum absolute atomic E-state index is 0.125. The van der Waals surface area contributed by atoms with Gasteiger partial charge in [-0.25, -0.2) is 4.39 Å². The Balaban J connectivity index is 1.45. The Morgan fingerprint density at radius 3 is 2.52 bits per heavy atom. The fourth-order valence-electron chi connectivity index (χ4n) is 6.47. The summed E-state index contributed by atoms with van der Waals surface area (Å²) in [5, 5.41) is 15.4. The van der Waals surface area contributed by atoms with Gasteiger partial charge < -0.3 is 5.11 Å². The average Bonchev–Trinajstić information content (AvgIpc) is 2.57. The molecule has 1 aromatic carbocycles. The van der Waals surface area contributed by atoms with Crippen LogP contribution in [0, 0.1) is 23.6 Å². The van der Waals surface area contributed by atoms with Gasteiger partial charge >= 0.3 is 0 Å². The molecule has 5 aliphatic rings. The highest BCUT2D eigenvalue weighted by molar-refractivity contribution is 6.31. The van der Waals surface area contributed by atoms with Gasteiger partial charge in [-0.1, -0.05) is 11.6 Å². The van der Waals surface area contributed by atoms with E-state index in [1.807, 2.05) is 18.9 Å². The highest BCUT2D eigenvalue weighted by Gasteiger charge is 2.63. The van der Waals surface area contributed by atoms with Crippen LogP contribution < -0.4 is 0 Å². The lowest BCUT2D eigenvalue weighted by Crippen LogP contribution is -2.79. The predicted octanol–water partition coefficient (Wildman–Crippen LogP) is 3.76. The van der Waals surface area contributed by atoms with E-state index in [0.717, 1.165) is 32.1 Å². The number of carbonyl (C=O) groups excluding carboxylic acids is 1. The molecule has 1 aliphatic heterocycles. The smallest absolute Gasteiger partial charge is 0.258 e. The van der Waals surface area contributed by atoms with Crippen LogP contribution in [0.1, 0.15) is 51.5 Å². The van der Waals surface area contributed by atoms with Crippen LogP contribution in [0.15, 0.2) is 18.2 Å². The van der Waals surface area contributed by atoms with Crippen molar-refractivity contribution in [2.45, 2.75) is 69.7 Å². The van der Waals surface area contributed by atoms with Crippen LogP contribution in [0.25, 0.3) is 0 Å². The lowest BCUT2D eigenvalue weighted by atomic mass is 9.52. The lowest BCUT2D eigenvalue weighted by molar-refractivity contribution is -0.262. The molecule has 1 amide bonds. The average molecular weight is 393 g/mol. The maximum absolute atomic E-state index is 13.7. The minimum Gasteiger partial charge on any atom is -0.390 e. The third-order valence-electron chi connectivity index (χ3n) is 7.44. The highest BCUT2D eigenvalue weighted by atomic mass is 35.5. The number of nitrogens with zero attached hydrogens (tertiary/aromatic N) is 2. The number of benzene rings is 1. The third kappa shape index (κ3) is 2.58. The first-order chi connectivity index (χ1) is 12.7. The quantitative estimate of drug-likeness (QED) is 0.851. The topological polar surface area (TPSA) is 43.8 Å². The molecule has 4 aliphatic carbocycles. The van der Waals surface area contributed by atoms with Crippen molar-refractivity contribution in [2.24, 2.45) is 17.8 Å². The van der Waals surface area contributed by atoms with E-state index in [0.29, 0.717) is 34.9 Å². The molecule has 0 radical (unpaired) electrons. The van der Waals surface area contributed by atoms with E-state index in [2.05, 4.69) is 5.01 Å². The number of hydrazine groups is 1. The second-order valence-electron chi connectivity index (χ2n) is 9.69. The summed E-state index contributed by atoms with van der Waals surface area (Å²) in [5.74, 6) is 1.11. The first-order valence-electron chi connectivity index (χ1n) is 9.95. The molecule has 1 aromatic rings. The van der Waals surface area contributed by atoms with Crippen molar-refractivity contribution in [2.75, 3.05) is 0 Å². The van der Waals surface area contributed by atoms with E-state index in [4.69, 9.17) is 11.6 Å². The summed E-state index contributed by atoms with van der Waals surface area (Å²) in [6, 6.07) is 4.53. The van der Waals surface area contributed by atoms with Gasteiger partial charge in [0, 0.05) is 11.6 Å². The fraction of sp³-hybridized carbons (Fsp3) is 0.667. The molecular weight excluding hydrogens is 367 g/mol. The molecule has 0 aromatic heterocycles. The summed E-state index contributed by atoms with van der Waals surface area (Å²) in [6.45, 7) is 4.25. The van der Waals surface area contributed by atoms with Gasteiger partial charge in [-0.05, 0) is 87.5 Å². The van der Waals surface area contributed by atoms with E-state index < -0.39 is 11.1 Å². The first kappa shape index (κ1) is 17.9. The van der Waals surface area contributed by atoms with Gasteiger partial charge in [0.25, 0.3) is 5.91 Å². The van der Waals surface area contributed by atoms with Crippen molar-refractivity contribution >= 4 is 17.5 Å². The maximum atomic E-state index is 13.7. The van der Waals surface area contributed by atoms with Crippen molar-refractivity contribution in [3.8, 4) is 0 Å². The van der Waals surface area contributed by atoms with Crippen LogP contribution in [0.4, 0.5) is 4.39 Å². The van der Waals surface area contributed by atoms with E-state index in [9.17, 15) is 14.3 Å². The molecule has 1 saturated heterocycles. The Kier molecular flexibility index (Phi) is 3.76. The van der Waals surface area contributed by atoms with Crippen LogP contribution in [-0.2, 0) is 11.3 Å². The second-order valence-corrected chi connectivity index (χ2v) is 10.1. The highest BCUT2D eigenvalue weighted by Crippen LogP contribution is 2.58. The molecule has 4 nitrogen and oxygen atoms in total. The molecule has 6 rings (SSSR count). The summed E-state index contributed by atoms with van der Waals surface area (Å²) >= 11 is 6.29. The number of carbonyl (C=O) groups is 1. The molecular formula is C21H26ClFN2O2. The molecule has 5 atom stereocenters. The van der Waals surface area contributed by atoms with Crippen molar-refractivity contribution in [1.29, 1.82) is 0 Å². The van der Waals surface area contributed by atoms with E-state index in [1.165, 1.54) is 12.1 Å². The Morgan fingerprint density at radius 1 is 1.22 bits per heavy atom. The molecule has 0 spiro atoms. The molecule has 27 heavy (non-hydrogen) atoms. The summed E-state index contributed by atoms with van der Waals surface area (Å²) in [7, 11) is 0. The predicted molar refractivity (Wildman–Crippen MR) is 100 cm³/mol. The van der Waals surface area contributed by atoms with Crippen LogP contribution in [0.5, 0.6) is 0 Å². The lowest BCUT2D eigenvalue weighted by Gasteiger charge is -2.66. The van der Waals surface area contributed by atoms with Crippen molar-refractivity contribution in [1.82, 2.24) is 10.0 Å². The Labute approximate surface area is 164 Å². The molecule has 4 saturated carbocycles. The Hall–Kier alpha value is -1.17. The summed E-state index contributed by atoms with van der Waals surface area (Å²) in [5.41, 5.74) is -0.446. The fourth-order valence-corrected chi connectivity index (χ4v) is 6.65. The van der Waals surface area contributed by atoms with Gasteiger partial charge in [-0.2, -0.15) is 5.01 Å². The van der Waals surface area contributed by atoms with Crippen molar-refractivity contribution < 1.29 is 14.3 Å². The number of aliphatic hydroxyl groups is 1. The summed E-state index contributed by atoms with van der Waals surface area (Å²) in [6.07, 6.45) is 4.71. The molecule has 4 bridgehead atoms. The molecule has 3 unspecified atom stereocenters. The summed E-state index contributed by atoms with van der Waals surface area (Å²) in [4.78, 5) is 13.1. The zero-order valence-corrected chi connectivity index (χ0v) is 16.5. The minimum atomic E-state index is -0.624. The summed E-state index contributed by atoms with van der Waals surface area (Å²) < 4.78 is 13.7. The molecule has 5 fully saturated rings. The maximum Gasteiger partial charge on any atom is 0.258 e. The van der Waals surface area contributed by atoms with Gasteiger partial charge in [0.15, 0.2) is 0 Å². The molecule has 146 valence electrons. The standard InChI is InChI=1S/C21H26ClFN2O2/c1-20(2)19(26)25(24(20)11-15-7-16(23)3-4-17(15)22)18-13-5-12-6-14(18)10-21(27,8-12)9-13/h3-4,7,12-14,18,27H,5-6,8-11H2,1-2H3/t12?,13-,14+,18?,21?. The first-order valence-corrected chi connectivity index (χ1v) is 10.3. The number of rotatable bonds is 3. The van der Waals surface area contributed by atoms with Gasteiger partial charge in [0.2, 0.25) is 0 Å². The van der Waals surface area contributed by atoms with Gasteiger partial charge in [-0.3, -0.25) is 9.80 Å². The van der Waals surface area contributed by atoms with Crippen LogP contribution in [-0.4, -0.2) is 38.2 Å². The van der Waals surface area contributed by atoms with E-state index >= 15 is 0 Å². The van der Waals surface area contributed by atoms with Crippen molar-refractivity contribution in [3.05, 3.63) is 34.6 Å². The SMILES string of the molecule is CC1(C)C(=O)N(C2[C@@H]3CC4C[C@H]2CC(O)(C4)C3)N1Cc1cc(F)ccc1Cl. The zero-order chi connectivity index (χ0) is 19.1. The Bertz CT molecular complexity index is 797. The molecule has 1 heterocycles. The monoisotopic (exact) mass is 392 g/mol. The third-order valence-corrected chi connectivity index (χ3v) is 7.81.